The summed E-state index contributed by atoms with van der Waals surface area (Å²) in [6.45, 7) is 1.14. The number of hydrogen-bond donors (Lipinski definition) is 0. The van der Waals surface area contributed by atoms with Crippen molar-refractivity contribution in [2.75, 3.05) is 0 Å². The van der Waals surface area contributed by atoms with Gasteiger partial charge in [-0.1, -0.05) is 12.1 Å². The van der Waals surface area contributed by atoms with Crippen molar-refractivity contribution in [3.8, 4) is 0 Å². The Morgan fingerprint density at radius 2 is 1.11 bits per heavy atom. The molecule has 0 saturated heterocycles. The third-order valence-electron chi connectivity index (χ3n) is 3.63. The Labute approximate surface area is 154 Å². The van der Waals surface area contributed by atoms with Crippen molar-refractivity contribution in [1.82, 2.24) is 0 Å². The van der Waals surface area contributed by atoms with E-state index in [0.29, 0.717) is 24.3 Å². The highest BCUT2D eigenvalue weighted by Crippen LogP contribution is 2.34. The molecule has 0 aliphatic heterocycles. The van der Waals surface area contributed by atoms with Gasteiger partial charge in [-0.15, -0.1) is 0 Å². The van der Waals surface area contributed by atoms with Crippen LogP contribution in [-0.4, -0.2) is 13.0 Å². The van der Waals surface area contributed by atoms with Crippen LogP contribution < -0.4 is 10.9 Å². The number of benzene rings is 2. The first-order valence-corrected chi connectivity index (χ1v) is 7.79. The van der Waals surface area contributed by atoms with E-state index in [0.717, 1.165) is 0 Å². The van der Waals surface area contributed by atoms with Crippen molar-refractivity contribution in [2.24, 2.45) is 0 Å². The van der Waals surface area contributed by atoms with Crippen LogP contribution in [0.25, 0.3) is 0 Å². The molecule has 1 nitrogen and oxygen atoms in total. The highest BCUT2D eigenvalue weighted by atomic mass is 19.4. The minimum atomic E-state index is -5.11. The fraction of sp³-hybridized carbons (Fsp3) is 0.294. The van der Waals surface area contributed by atoms with Crippen LogP contribution in [0, 0.1) is 17.5 Å². The van der Waals surface area contributed by atoms with Crippen molar-refractivity contribution in [3.05, 3.63) is 58.9 Å². The second kappa shape index (κ2) is 7.69. The monoisotopic (exact) mass is 414 g/mol. The summed E-state index contributed by atoms with van der Waals surface area (Å²) in [5.74, 6) is -5.14. The Morgan fingerprint density at radius 3 is 1.46 bits per heavy atom. The first-order valence-electron chi connectivity index (χ1n) is 7.79. The maximum Gasteiger partial charge on any atom is 0.416 e. The summed E-state index contributed by atoms with van der Waals surface area (Å²) >= 11 is 0. The van der Waals surface area contributed by atoms with Gasteiger partial charge < -0.3 is 4.65 Å². The summed E-state index contributed by atoms with van der Waals surface area (Å²) < 4.78 is 124. The Kier molecular flexibility index (Phi) is 6.08. The summed E-state index contributed by atoms with van der Waals surface area (Å²) in [6.07, 6.45) is -11.0. The van der Waals surface area contributed by atoms with Crippen molar-refractivity contribution in [1.29, 1.82) is 0 Å². The van der Waals surface area contributed by atoms with Crippen LogP contribution in [0.1, 0.15) is 25.0 Å². The molecule has 0 spiro atoms. The van der Waals surface area contributed by atoms with Crippen molar-refractivity contribution in [3.63, 3.8) is 0 Å². The molecule has 2 aromatic carbocycles. The van der Waals surface area contributed by atoms with Gasteiger partial charge in [0.2, 0.25) is 0 Å². The minimum absolute atomic E-state index is 0.0816. The van der Waals surface area contributed by atoms with E-state index in [1.54, 1.807) is 0 Å². The molecule has 0 radical (unpaired) electrons. The zero-order chi connectivity index (χ0) is 21.4. The topological polar surface area (TPSA) is 9.23 Å². The highest BCUT2D eigenvalue weighted by molar-refractivity contribution is 6.80. The summed E-state index contributed by atoms with van der Waals surface area (Å²) in [4.78, 5) is 0. The van der Waals surface area contributed by atoms with Gasteiger partial charge in [-0.2, -0.15) is 26.3 Å². The van der Waals surface area contributed by atoms with E-state index in [9.17, 15) is 39.5 Å². The van der Waals surface area contributed by atoms with Gasteiger partial charge in [-0.3, -0.25) is 0 Å². The van der Waals surface area contributed by atoms with Crippen LogP contribution in [0.2, 0.25) is 0 Å². The van der Waals surface area contributed by atoms with Crippen LogP contribution in [0.5, 0.6) is 0 Å². The third-order valence-corrected chi connectivity index (χ3v) is 3.63. The van der Waals surface area contributed by atoms with Crippen LogP contribution in [-0.2, 0) is 17.0 Å². The number of hydrogen-bond acceptors (Lipinski definition) is 1. The van der Waals surface area contributed by atoms with E-state index in [4.69, 9.17) is 4.65 Å². The van der Waals surface area contributed by atoms with Crippen LogP contribution >= 0.6 is 0 Å². The predicted octanol–water partition coefficient (Wildman–Crippen LogP) is 4.67. The fourth-order valence-electron chi connectivity index (χ4n) is 2.48. The van der Waals surface area contributed by atoms with E-state index in [1.807, 2.05) is 0 Å². The average Bonchev–Trinajstić information content (AvgIpc) is 2.55. The van der Waals surface area contributed by atoms with E-state index >= 15 is 0 Å². The molecule has 0 atom stereocenters. The minimum Gasteiger partial charge on any atom is -0.425 e. The molecule has 0 fully saturated rings. The summed E-state index contributed by atoms with van der Waals surface area (Å²) in [7, 11) is 0. The molecule has 0 N–H and O–H groups in total. The molecule has 0 unspecified atom stereocenters. The number of rotatable bonds is 4. The molecule has 0 amide bonds. The Balaban J connectivity index is 2.73. The second-order valence-electron chi connectivity index (χ2n) is 6.20. The standard InChI is InChI=1S/C17H12BF9O/c1-8(2)28-18(12-6-13(19)15(21)14(20)7-12)11-4-9(16(22,23)24)3-10(5-11)17(25,26)27/h3-8H,1-2H3. The molecule has 0 saturated carbocycles. The smallest absolute Gasteiger partial charge is 0.416 e. The maximum atomic E-state index is 13.6. The predicted molar refractivity (Wildman–Crippen MR) is 84.0 cm³/mol. The summed E-state index contributed by atoms with van der Waals surface area (Å²) in [5, 5.41) is 0. The van der Waals surface area contributed by atoms with Gasteiger partial charge in [0, 0.05) is 6.10 Å². The van der Waals surface area contributed by atoms with Gasteiger partial charge in [0.25, 0.3) is 0 Å². The van der Waals surface area contributed by atoms with Crippen molar-refractivity contribution in [2.45, 2.75) is 32.3 Å². The summed E-state index contributed by atoms with van der Waals surface area (Å²) in [6, 6.07) is 1.61. The molecule has 0 bridgehead atoms. The lowest BCUT2D eigenvalue weighted by Crippen LogP contribution is -2.47. The quantitative estimate of drug-likeness (QED) is 0.402. The van der Waals surface area contributed by atoms with Gasteiger partial charge in [0.1, 0.15) is 0 Å². The third kappa shape index (κ3) is 5.00. The molecule has 2 aromatic rings. The molecule has 11 heteroatoms. The summed E-state index contributed by atoms with van der Waals surface area (Å²) in [5.41, 5.74) is -4.34. The zero-order valence-corrected chi connectivity index (χ0v) is 14.4. The molecular formula is C17H12BF9O. The van der Waals surface area contributed by atoms with Gasteiger partial charge in [0.05, 0.1) is 11.1 Å². The molecule has 0 aromatic heterocycles. The normalized spacial score (nSPS) is 12.6. The van der Waals surface area contributed by atoms with Gasteiger partial charge in [-0.05, 0) is 43.0 Å². The maximum absolute atomic E-state index is 13.6. The number of alkyl halides is 6. The largest absolute Gasteiger partial charge is 0.425 e. The lowest BCUT2D eigenvalue weighted by atomic mass is 9.54. The van der Waals surface area contributed by atoms with Crippen LogP contribution in [0.3, 0.4) is 0 Å². The van der Waals surface area contributed by atoms with Gasteiger partial charge in [-0.25, -0.2) is 13.2 Å². The van der Waals surface area contributed by atoms with Gasteiger partial charge >= 0.3 is 19.3 Å². The Morgan fingerprint density at radius 1 is 0.714 bits per heavy atom. The van der Waals surface area contributed by atoms with Crippen LogP contribution in [0.15, 0.2) is 30.3 Å². The van der Waals surface area contributed by atoms with E-state index in [1.165, 1.54) is 13.8 Å². The first-order chi connectivity index (χ1) is 12.7. The first kappa shape index (κ1) is 22.1. The lowest BCUT2D eigenvalue weighted by Gasteiger charge is -2.21. The second-order valence-corrected chi connectivity index (χ2v) is 6.20. The van der Waals surface area contributed by atoms with Crippen LogP contribution in [0.4, 0.5) is 39.5 Å². The zero-order valence-electron chi connectivity index (χ0n) is 14.4. The van der Waals surface area contributed by atoms with E-state index in [-0.39, 0.29) is 6.07 Å². The molecule has 0 aliphatic carbocycles. The lowest BCUT2D eigenvalue weighted by molar-refractivity contribution is -0.142. The van der Waals surface area contributed by atoms with E-state index in [2.05, 4.69) is 0 Å². The highest BCUT2D eigenvalue weighted by Gasteiger charge is 2.39. The number of halogens is 9. The SMILES string of the molecule is CC(C)OB(c1cc(C(F)(F)F)cc(C(F)(F)F)c1)c1cc(F)c(F)c(F)c1. The van der Waals surface area contributed by atoms with Crippen molar-refractivity contribution >= 4 is 17.8 Å². The molecule has 2 rings (SSSR count). The fourth-order valence-corrected chi connectivity index (χ4v) is 2.48. The molecule has 0 aliphatic rings. The van der Waals surface area contributed by atoms with Gasteiger partial charge in [0.15, 0.2) is 17.5 Å². The molecule has 28 heavy (non-hydrogen) atoms. The Hall–Kier alpha value is -2.17. The molecular weight excluding hydrogens is 402 g/mol. The molecule has 152 valence electrons. The van der Waals surface area contributed by atoms with E-state index < -0.39 is 64.9 Å². The average molecular weight is 414 g/mol. The Bertz CT molecular complexity index is 803. The molecule has 0 heterocycles. The van der Waals surface area contributed by atoms with Crippen molar-refractivity contribution < 1.29 is 44.2 Å².